The topological polar surface area (TPSA) is 43.4 Å². The van der Waals surface area contributed by atoms with Gasteiger partial charge in [0.1, 0.15) is 5.75 Å². The number of carbonyl (C=O) groups is 2. The van der Waals surface area contributed by atoms with Gasteiger partial charge in [-0.15, -0.1) is 0 Å². The summed E-state index contributed by atoms with van der Waals surface area (Å²) < 4.78 is 5.04. The van der Waals surface area contributed by atoms with Gasteiger partial charge in [0.2, 0.25) is 0 Å². The lowest BCUT2D eigenvalue weighted by atomic mass is 10.0. The van der Waals surface area contributed by atoms with Crippen molar-refractivity contribution in [2.24, 2.45) is 0 Å². The zero-order valence-electron chi connectivity index (χ0n) is 9.77. The van der Waals surface area contributed by atoms with Gasteiger partial charge in [-0.2, -0.15) is 0 Å². The largest absolute Gasteiger partial charge is 0.416 e. The second-order valence-corrected chi connectivity index (χ2v) is 3.58. The number of ether oxygens (including phenoxy) is 1. The van der Waals surface area contributed by atoms with Crippen molar-refractivity contribution in [3.8, 4) is 17.6 Å². The van der Waals surface area contributed by atoms with Gasteiger partial charge in [-0.25, -0.2) is 4.79 Å². The van der Waals surface area contributed by atoms with Crippen molar-refractivity contribution in [3.63, 3.8) is 0 Å². The molecule has 0 aromatic heterocycles. The second kappa shape index (κ2) is 5.15. The van der Waals surface area contributed by atoms with Crippen LogP contribution in [0.15, 0.2) is 36.4 Å². The first-order valence-electron chi connectivity index (χ1n) is 5.37. The van der Waals surface area contributed by atoms with Gasteiger partial charge in [0.25, 0.3) is 0 Å². The molecule has 0 spiro atoms. The van der Waals surface area contributed by atoms with Crippen LogP contribution in [0.25, 0.3) is 10.8 Å². The molecule has 0 heterocycles. The average molecular weight is 238 g/mol. The predicted molar refractivity (Wildman–Crippen MR) is 68.4 cm³/mol. The van der Waals surface area contributed by atoms with E-state index < -0.39 is 5.97 Å². The quantitative estimate of drug-likeness (QED) is 0.265. The molecule has 88 valence electrons. The fourth-order valence-corrected chi connectivity index (χ4v) is 1.71. The van der Waals surface area contributed by atoms with Crippen LogP contribution in [0.2, 0.25) is 0 Å². The molecule has 0 saturated carbocycles. The molecule has 0 aliphatic heterocycles. The zero-order valence-corrected chi connectivity index (χ0v) is 9.77. The van der Waals surface area contributed by atoms with Crippen molar-refractivity contribution < 1.29 is 14.3 Å². The highest BCUT2D eigenvalue weighted by atomic mass is 16.5. The molecule has 3 nitrogen and oxygen atoms in total. The first-order valence-corrected chi connectivity index (χ1v) is 5.37. The number of fused-ring (bicyclic) bond motifs is 1. The van der Waals surface area contributed by atoms with E-state index in [2.05, 4.69) is 11.8 Å². The fraction of sp³-hybridized carbons (Fsp3) is 0.0667. The van der Waals surface area contributed by atoms with Crippen LogP contribution >= 0.6 is 0 Å². The zero-order chi connectivity index (χ0) is 13.0. The van der Waals surface area contributed by atoms with E-state index in [1.165, 1.54) is 0 Å². The van der Waals surface area contributed by atoms with E-state index in [0.29, 0.717) is 11.8 Å². The number of aldehydes is 1. The molecular weight excluding hydrogens is 228 g/mol. The van der Waals surface area contributed by atoms with Crippen LogP contribution in [0.3, 0.4) is 0 Å². The van der Waals surface area contributed by atoms with Crippen LogP contribution in [-0.4, -0.2) is 12.3 Å². The summed E-state index contributed by atoms with van der Waals surface area (Å²) in [4.78, 5) is 22.5. The van der Waals surface area contributed by atoms with Crippen LogP contribution in [0, 0.1) is 11.8 Å². The lowest BCUT2D eigenvalue weighted by Crippen LogP contribution is -2.06. The lowest BCUT2D eigenvalue weighted by molar-refractivity contribution is -0.128. The predicted octanol–water partition coefficient (Wildman–Crippen LogP) is 2.58. The van der Waals surface area contributed by atoms with Gasteiger partial charge in [0.15, 0.2) is 6.29 Å². The smallest absolute Gasteiger partial charge is 0.389 e. The Morgan fingerprint density at radius 1 is 1.22 bits per heavy atom. The Balaban J connectivity index is 2.53. The Labute approximate surface area is 104 Å². The molecule has 0 radical (unpaired) electrons. The summed E-state index contributed by atoms with van der Waals surface area (Å²) in [5, 5.41) is 1.67. The Morgan fingerprint density at radius 2 is 2.00 bits per heavy atom. The van der Waals surface area contributed by atoms with E-state index >= 15 is 0 Å². The molecule has 2 aromatic carbocycles. The van der Waals surface area contributed by atoms with Crippen molar-refractivity contribution in [2.45, 2.75) is 6.92 Å². The highest BCUT2D eigenvalue weighted by Crippen LogP contribution is 2.26. The monoisotopic (exact) mass is 238 g/mol. The third-order valence-corrected chi connectivity index (χ3v) is 2.48. The Hall–Kier alpha value is -2.60. The number of esters is 1. The molecule has 3 heteroatoms. The van der Waals surface area contributed by atoms with Crippen LogP contribution in [0.4, 0.5) is 0 Å². The molecule has 18 heavy (non-hydrogen) atoms. The molecule has 0 aliphatic rings. The summed E-state index contributed by atoms with van der Waals surface area (Å²) >= 11 is 0. The van der Waals surface area contributed by atoms with Crippen molar-refractivity contribution in [2.75, 3.05) is 0 Å². The van der Waals surface area contributed by atoms with E-state index in [-0.39, 0.29) is 5.75 Å². The van der Waals surface area contributed by atoms with E-state index in [4.69, 9.17) is 4.74 Å². The third-order valence-electron chi connectivity index (χ3n) is 2.48. The van der Waals surface area contributed by atoms with Crippen molar-refractivity contribution in [1.82, 2.24) is 0 Å². The van der Waals surface area contributed by atoms with Crippen molar-refractivity contribution >= 4 is 23.0 Å². The fourth-order valence-electron chi connectivity index (χ4n) is 1.71. The Bertz CT molecular complexity index is 675. The SMILES string of the molecule is CC#CC(=O)Oc1ccc2ccccc2c1C=O. The van der Waals surface area contributed by atoms with Gasteiger partial charge >= 0.3 is 5.97 Å². The van der Waals surface area contributed by atoms with Crippen molar-refractivity contribution in [3.05, 3.63) is 42.0 Å². The summed E-state index contributed by atoms with van der Waals surface area (Å²) in [6.07, 6.45) is 0.685. The second-order valence-electron chi connectivity index (χ2n) is 3.58. The van der Waals surface area contributed by atoms with Crippen LogP contribution in [0.1, 0.15) is 17.3 Å². The molecule has 0 bridgehead atoms. The molecular formula is C15H10O3. The number of rotatable bonds is 2. The molecule has 0 amide bonds. The number of carbonyl (C=O) groups excluding carboxylic acids is 2. The first-order chi connectivity index (χ1) is 8.76. The molecule has 2 aromatic rings. The van der Waals surface area contributed by atoms with E-state index in [0.717, 1.165) is 10.8 Å². The average Bonchev–Trinajstić information content (AvgIpc) is 2.38. The lowest BCUT2D eigenvalue weighted by Gasteiger charge is -2.06. The molecule has 0 aliphatic carbocycles. The minimum Gasteiger partial charge on any atom is -0.416 e. The maximum absolute atomic E-state index is 11.3. The third kappa shape index (κ3) is 2.23. The summed E-state index contributed by atoms with van der Waals surface area (Å²) in [5.74, 6) is 4.28. The van der Waals surface area contributed by atoms with Crippen molar-refractivity contribution in [1.29, 1.82) is 0 Å². The van der Waals surface area contributed by atoms with Gasteiger partial charge < -0.3 is 4.74 Å². The summed E-state index contributed by atoms with van der Waals surface area (Å²) in [7, 11) is 0. The van der Waals surface area contributed by atoms with Crippen LogP contribution < -0.4 is 4.74 Å². The van der Waals surface area contributed by atoms with Gasteiger partial charge in [-0.3, -0.25) is 4.79 Å². The Morgan fingerprint density at radius 3 is 2.72 bits per heavy atom. The molecule has 0 saturated heterocycles. The highest BCUT2D eigenvalue weighted by Gasteiger charge is 2.10. The first kappa shape index (κ1) is 11.9. The van der Waals surface area contributed by atoms with Gasteiger partial charge in [0, 0.05) is 5.92 Å². The molecule has 0 atom stereocenters. The molecule has 2 rings (SSSR count). The molecule has 0 N–H and O–H groups in total. The van der Waals surface area contributed by atoms with Crippen LogP contribution in [0.5, 0.6) is 5.75 Å². The summed E-state index contributed by atoms with van der Waals surface area (Å²) in [5.41, 5.74) is 0.361. The van der Waals surface area contributed by atoms with Gasteiger partial charge in [-0.05, 0) is 23.8 Å². The summed E-state index contributed by atoms with van der Waals surface area (Å²) in [6, 6.07) is 10.8. The van der Waals surface area contributed by atoms with E-state index in [1.54, 1.807) is 19.1 Å². The van der Waals surface area contributed by atoms with E-state index in [9.17, 15) is 9.59 Å². The highest BCUT2D eigenvalue weighted by molar-refractivity contribution is 6.02. The van der Waals surface area contributed by atoms with Gasteiger partial charge in [0.05, 0.1) is 5.56 Å². The number of hydrogen-bond donors (Lipinski definition) is 0. The van der Waals surface area contributed by atoms with Crippen LogP contribution in [-0.2, 0) is 4.79 Å². The Kier molecular flexibility index (Phi) is 3.40. The normalized spacial score (nSPS) is 9.39. The maximum atomic E-state index is 11.3. The minimum atomic E-state index is -0.670. The number of hydrogen-bond acceptors (Lipinski definition) is 3. The standard InChI is InChI=1S/C15H10O3/c1-2-5-15(17)18-14-9-8-11-6-3-4-7-12(11)13(14)10-16/h3-4,6-10H,1H3. The van der Waals surface area contributed by atoms with E-state index in [1.807, 2.05) is 24.3 Å². The minimum absolute atomic E-state index is 0.233. The molecule has 0 unspecified atom stereocenters. The number of benzene rings is 2. The maximum Gasteiger partial charge on any atom is 0.389 e. The summed E-state index contributed by atoms with van der Waals surface area (Å²) in [6.45, 7) is 1.54. The molecule has 0 fully saturated rings. The van der Waals surface area contributed by atoms with Gasteiger partial charge in [-0.1, -0.05) is 36.3 Å².